The molecule has 0 aliphatic carbocycles. The summed E-state index contributed by atoms with van der Waals surface area (Å²) < 4.78 is 1.97. The minimum atomic E-state index is 0.276. The van der Waals surface area contributed by atoms with Gasteiger partial charge in [0.05, 0.1) is 6.20 Å². The lowest BCUT2D eigenvalue weighted by atomic mass is 9.92. The van der Waals surface area contributed by atoms with Crippen molar-refractivity contribution < 1.29 is 0 Å². The van der Waals surface area contributed by atoms with Crippen LogP contribution in [0.3, 0.4) is 0 Å². The zero-order valence-corrected chi connectivity index (χ0v) is 12.7. The summed E-state index contributed by atoms with van der Waals surface area (Å²) in [7, 11) is 4.24. The zero-order valence-electron chi connectivity index (χ0n) is 12.7. The SMILES string of the molecule is CCn1cc(C(C)NCC(C)(C)CN(C)C)cn1. The van der Waals surface area contributed by atoms with Crippen molar-refractivity contribution in [2.45, 2.75) is 40.3 Å². The van der Waals surface area contributed by atoms with Gasteiger partial charge in [-0.3, -0.25) is 4.68 Å². The largest absolute Gasteiger partial charge is 0.309 e. The fourth-order valence-electron chi connectivity index (χ4n) is 2.24. The molecule has 4 heteroatoms. The van der Waals surface area contributed by atoms with Crippen LogP contribution in [0.25, 0.3) is 0 Å². The maximum atomic E-state index is 4.32. The van der Waals surface area contributed by atoms with Crippen molar-refractivity contribution in [1.29, 1.82) is 0 Å². The Labute approximate surface area is 111 Å². The first kappa shape index (κ1) is 15.2. The molecular formula is C14H28N4. The number of hydrogen-bond acceptors (Lipinski definition) is 3. The molecule has 1 unspecified atom stereocenters. The number of aromatic nitrogens is 2. The fraction of sp³-hybridized carbons (Fsp3) is 0.786. The predicted octanol–water partition coefficient (Wildman–Crippen LogP) is 2.14. The van der Waals surface area contributed by atoms with Gasteiger partial charge in [-0.15, -0.1) is 0 Å². The van der Waals surface area contributed by atoms with Gasteiger partial charge in [0, 0.05) is 37.4 Å². The second-order valence-electron chi connectivity index (χ2n) is 6.13. The van der Waals surface area contributed by atoms with Crippen LogP contribution < -0.4 is 5.32 Å². The molecule has 0 aliphatic heterocycles. The van der Waals surface area contributed by atoms with E-state index in [1.807, 2.05) is 10.9 Å². The average molecular weight is 252 g/mol. The average Bonchev–Trinajstić information content (AvgIpc) is 2.72. The first-order chi connectivity index (χ1) is 8.34. The normalized spacial score (nSPS) is 14.2. The van der Waals surface area contributed by atoms with Crippen molar-refractivity contribution in [2.75, 3.05) is 27.2 Å². The van der Waals surface area contributed by atoms with E-state index in [0.29, 0.717) is 6.04 Å². The molecule has 1 atom stereocenters. The number of hydrogen-bond donors (Lipinski definition) is 1. The molecule has 0 spiro atoms. The Morgan fingerprint density at radius 2 is 2.11 bits per heavy atom. The third-order valence-corrected chi connectivity index (χ3v) is 3.11. The lowest BCUT2D eigenvalue weighted by Gasteiger charge is -2.30. The third-order valence-electron chi connectivity index (χ3n) is 3.11. The molecule has 0 aromatic carbocycles. The van der Waals surface area contributed by atoms with Crippen LogP contribution in [0.1, 0.15) is 39.3 Å². The maximum Gasteiger partial charge on any atom is 0.0537 e. The highest BCUT2D eigenvalue weighted by molar-refractivity contribution is 5.09. The van der Waals surface area contributed by atoms with Crippen molar-refractivity contribution >= 4 is 0 Å². The Hall–Kier alpha value is -0.870. The molecular weight excluding hydrogens is 224 g/mol. The van der Waals surface area contributed by atoms with Crippen molar-refractivity contribution in [2.24, 2.45) is 5.41 Å². The highest BCUT2D eigenvalue weighted by Crippen LogP contribution is 2.17. The number of rotatable bonds is 7. The van der Waals surface area contributed by atoms with Gasteiger partial charge in [0.25, 0.3) is 0 Å². The topological polar surface area (TPSA) is 33.1 Å². The van der Waals surface area contributed by atoms with Gasteiger partial charge in [-0.1, -0.05) is 13.8 Å². The van der Waals surface area contributed by atoms with Gasteiger partial charge in [-0.05, 0) is 33.4 Å². The van der Waals surface area contributed by atoms with Crippen LogP contribution in [0.15, 0.2) is 12.4 Å². The minimum Gasteiger partial charge on any atom is -0.309 e. The lowest BCUT2D eigenvalue weighted by molar-refractivity contribution is 0.227. The van der Waals surface area contributed by atoms with Crippen molar-refractivity contribution in [3.8, 4) is 0 Å². The van der Waals surface area contributed by atoms with E-state index < -0.39 is 0 Å². The standard InChI is InChI=1S/C14H28N4/c1-7-18-9-13(8-16-18)12(2)15-10-14(3,4)11-17(5)6/h8-9,12,15H,7,10-11H2,1-6H3. The monoisotopic (exact) mass is 252 g/mol. The quantitative estimate of drug-likeness (QED) is 0.807. The molecule has 4 nitrogen and oxygen atoms in total. The minimum absolute atomic E-state index is 0.276. The van der Waals surface area contributed by atoms with Gasteiger partial charge >= 0.3 is 0 Å². The molecule has 0 amide bonds. The first-order valence-electron chi connectivity index (χ1n) is 6.74. The summed E-state index contributed by atoms with van der Waals surface area (Å²) in [6, 6.07) is 0.353. The Balaban J connectivity index is 2.47. The molecule has 1 aromatic rings. The summed E-state index contributed by atoms with van der Waals surface area (Å²) >= 11 is 0. The second-order valence-corrected chi connectivity index (χ2v) is 6.13. The highest BCUT2D eigenvalue weighted by Gasteiger charge is 2.20. The molecule has 0 fully saturated rings. The fourth-order valence-corrected chi connectivity index (χ4v) is 2.24. The Morgan fingerprint density at radius 1 is 1.44 bits per heavy atom. The molecule has 0 aliphatic rings. The number of nitrogens with one attached hydrogen (secondary N) is 1. The summed E-state index contributed by atoms with van der Waals surface area (Å²) in [4.78, 5) is 2.24. The van der Waals surface area contributed by atoms with Gasteiger partial charge in [0.15, 0.2) is 0 Å². The van der Waals surface area contributed by atoms with E-state index in [0.717, 1.165) is 19.6 Å². The molecule has 1 rings (SSSR count). The van der Waals surface area contributed by atoms with Crippen molar-refractivity contribution in [1.82, 2.24) is 20.0 Å². The smallest absolute Gasteiger partial charge is 0.0537 e. The van der Waals surface area contributed by atoms with E-state index in [2.05, 4.69) is 63.3 Å². The van der Waals surface area contributed by atoms with Crippen molar-refractivity contribution in [3.63, 3.8) is 0 Å². The molecule has 18 heavy (non-hydrogen) atoms. The van der Waals surface area contributed by atoms with Crippen LogP contribution in [0.5, 0.6) is 0 Å². The van der Waals surface area contributed by atoms with Gasteiger partial charge < -0.3 is 10.2 Å². The van der Waals surface area contributed by atoms with E-state index in [-0.39, 0.29) is 5.41 Å². The van der Waals surface area contributed by atoms with Crippen LogP contribution >= 0.6 is 0 Å². The summed E-state index contributed by atoms with van der Waals surface area (Å²) in [5.41, 5.74) is 1.54. The Kier molecular flexibility index (Phi) is 5.35. The van der Waals surface area contributed by atoms with E-state index in [1.54, 1.807) is 0 Å². The van der Waals surface area contributed by atoms with E-state index >= 15 is 0 Å². The van der Waals surface area contributed by atoms with Crippen molar-refractivity contribution in [3.05, 3.63) is 18.0 Å². The van der Waals surface area contributed by atoms with Gasteiger partial charge in [-0.2, -0.15) is 5.10 Å². The molecule has 1 aromatic heterocycles. The predicted molar refractivity (Wildman–Crippen MR) is 76.7 cm³/mol. The Morgan fingerprint density at radius 3 is 2.61 bits per heavy atom. The second kappa shape index (κ2) is 6.34. The van der Waals surface area contributed by atoms with Crippen LogP contribution in [0, 0.1) is 5.41 Å². The van der Waals surface area contributed by atoms with E-state index in [1.165, 1.54) is 5.56 Å². The van der Waals surface area contributed by atoms with Crippen LogP contribution in [-0.2, 0) is 6.54 Å². The van der Waals surface area contributed by atoms with Crippen LogP contribution in [0.2, 0.25) is 0 Å². The molecule has 1 heterocycles. The Bertz CT molecular complexity index is 354. The van der Waals surface area contributed by atoms with Gasteiger partial charge in [0.2, 0.25) is 0 Å². The zero-order chi connectivity index (χ0) is 13.8. The summed E-state index contributed by atoms with van der Waals surface area (Å²) in [5, 5.41) is 7.92. The summed E-state index contributed by atoms with van der Waals surface area (Å²) in [6.07, 6.45) is 4.08. The summed E-state index contributed by atoms with van der Waals surface area (Å²) in [6.45, 7) is 11.9. The third kappa shape index (κ3) is 4.78. The molecule has 104 valence electrons. The maximum absolute atomic E-state index is 4.32. The van der Waals surface area contributed by atoms with E-state index in [4.69, 9.17) is 0 Å². The molecule has 0 saturated heterocycles. The number of aryl methyl sites for hydroxylation is 1. The lowest BCUT2D eigenvalue weighted by Crippen LogP contribution is -2.38. The van der Waals surface area contributed by atoms with E-state index in [9.17, 15) is 0 Å². The highest BCUT2D eigenvalue weighted by atomic mass is 15.3. The van der Waals surface area contributed by atoms with Crippen LogP contribution in [0.4, 0.5) is 0 Å². The van der Waals surface area contributed by atoms with Gasteiger partial charge in [0.1, 0.15) is 0 Å². The van der Waals surface area contributed by atoms with Crippen LogP contribution in [-0.4, -0.2) is 41.9 Å². The summed E-state index contributed by atoms with van der Waals surface area (Å²) in [5.74, 6) is 0. The molecule has 1 N–H and O–H groups in total. The molecule has 0 bridgehead atoms. The first-order valence-corrected chi connectivity index (χ1v) is 6.74. The van der Waals surface area contributed by atoms with Gasteiger partial charge in [-0.25, -0.2) is 0 Å². The number of nitrogens with zero attached hydrogens (tertiary/aromatic N) is 3. The molecule has 0 saturated carbocycles. The molecule has 0 radical (unpaired) electrons.